The molecule has 3 nitrogen and oxygen atoms in total. The highest BCUT2D eigenvalue weighted by atomic mass is 35.5. The van der Waals surface area contributed by atoms with Crippen LogP contribution in [0.25, 0.3) is 0 Å². The molecule has 76 valence electrons. The Morgan fingerprint density at radius 3 is 2.57 bits per heavy atom. The van der Waals surface area contributed by atoms with Crippen LogP contribution in [0.1, 0.15) is 24.1 Å². The third-order valence-corrected chi connectivity index (χ3v) is 1.76. The maximum Gasteiger partial charge on any atom is 0.144 e. The number of nitrogens with two attached hydrogens (primary N) is 1. The summed E-state index contributed by atoms with van der Waals surface area (Å²) in [6.07, 6.45) is 0. The van der Waals surface area contributed by atoms with Gasteiger partial charge in [-0.05, 0) is 13.0 Å². The number of rotatable bonds is 1. The fourth-order valence-corrected chi connectivity index (χ4v) is 1.06. The van der Waals surface area contributed by atoms with Crippen LogP contribution in [0.3, 0.4) is 0 Å². The first-order valence-electron chi connectivity index (χ1n) is 3.75. The van der Waals surface area contributed by atoms with Crippen LogP contribution >= 0.6 is 12.4 Å². The SMILES string of the molecule is C[C@H](N)c1ccc(F)c(C#N)c1O.Cl. The summed E-state index contributed by atoms with van der Waals surface area (Å²) < 4.78 is 12.9. The van der Waals surface area contributed by atoms with Gasteiger partial charge in [0, 0.05) is 11.6 Å². The van der Waals surface area contributed by atoms with Gasteiger partial charge in [0.25, 0.3) is 0 Å². The lowest BCUT2D eigenvalue weighted by molar-refractivity contribution is 0.455. The molecule has 1 aromatic carbocycles. The van der Waals surface area contributed by atoms with Crippen LogP contribution in [0.2, 0.25) is 0 Å². The van der Waals surface area contributed by atoms with Crippen LogP contribution in [-0.2, 0) is 0 Å². The van der Waals surface area contributed by atoms with E-state index in [-0.39, 0.29) is 23.7 Å². The second kappa shape index (κ2) is 4.80. The molecule has 3 N–H and O–H groups in total. The van der Waals surface area contributed by atoms with Crippen LogP contribution in [-0.4, -0.2) is 5.11 Å². The van der Waals surface area contributed by atoms with E-state index in [1.165, 1.54) is 6.07 Å². The topological polar surface area (TPSA) is 70.0 Å². The first kappa shape index (κ1) is 12.7. The Bertz CT molecular complexity index is 374. The molecule has 14 heavy (non-hydrogen) atoms. The average molecular weight is 217 g/mol. The maximum atomic E-state index is 12.9. The van der Waals surface area contributed by atoms with E-state index in [2.05, 4.69) is 0 Å². The molecular weight excluding hydrogens is 207 g/mol. The number of aromatic hydroxyl groups is 1. The predicted octanol–water partition coefficient (Wildman–Crippen LogP) is 1.84. The summed E-state index contributed by atoms with van der Waals surface area (Å²) >= 11 is 0. The minimum absolute atomic E-state index is 0. The Kier molecular flexibility index (Phi) is 4.35. The van der Waals surface area contributed by atoms with Gasteiger partial charge < -0.3 is 10.8 Å². The molecule has 0 aliphatic heterocycles. The molecule has 0 fully saturated rings. The van der Waals surface area contributed by atoms with E-state index in [1.54, 1.807) is 13.0 Å². The van der Waals surface area contributed by atoms with Gasteiger partial charge in [0.2, 0.25) is 0 Å². The standard InChI is InChI=1S/C9H9FN2O.ClH/c1-5(12)6-2-3-8(10)7(4-11)9(6)13;/h2-3,5,13H,12H2,1H3;1H/t5-;/m0./s1. The molecule has 0 amide bonds. The van der Waals surface area contributed by atoms with Crippen molar-refractivity contribution in [3.8, 4) is 11.8 Å². The quantitative estimate of drug-likeness (QED) is 0.753. The molecule has 1 aromatic rings. The summed E-state index contributed by atoms with van der Waals surface area (Å²) in [6, 6.07) is 3.65. The third-order valence-electron chi connectivity index (χ3n) is 1.76. The summed E-state index contributed by atoms with van der Waals surface area (Å²) in [6.45, 7) is 1.65. The van der Waals surface area contributed by atoms with Crippen LogP contribution in [0.15, 0.2) is 12.1 Å². The van der Waals surface area contributed by atoms with Crippen LogP contribution in [0.5, 0.6) is 5.75 Å². The lowest BCUT2D eigenvalue weighted by Gasteiger charge is -2.09. The molecule has 1 atom stereocenters. The summed E-state index contributed by atoms with van der Waals surface area (Å²) in [5, 5.41) is 17.9. The summed E-state index contributed by atoms with van der Waals surface area (Å²) in [4.78, 5) is 0. The van der Waals surface area contributed by atoms with Gasteiger partial charge in [-0.2, -0.15) is 5.26 Å². The van der Waals surface area contributed by atoms with Crippen molar-refractivity contribution in [1.82, 2.24) is 0 Å². The first-order valence-corrected chi connectivity index (χ1v) is 3.75. The second-order valence-corrected chi connectivity index (χ2v) is 2.76. The molecule has 0 radical (unpaired) electrons. The molecule has 0 aromatic heterocycles. The van der Waals surface area contributed by atoms with E-state index in [1.807, 2.05) is 0 Å². The van der Waals surface area contributed by atoms with E-state index in [0.29, 0.717) is 5.56 Å². The molecule has 0 aliphatic carbocycles. The Morgan fingerprint density at radius 2 is 2.14 bits per heavy atom. The monoisotopic (exact) mass is 216 g/mol. The number of nitriles is 1. The number of hydrogen-bond donors (Lipinski definition) is 2. The maximum absolute atomic E-state index is 12.9. The second-order valence-electron chi connectivity index (χ2n) is 2.76. The predicted molar refractivity (Wildman–Crippen MR) is 52.6 cm³/mol. The molecule has 5 heteroatoms. The van der Waals surface area contributed by atoms with E-state index >= 15 is 0 Å². The van der Waals surface area contributed by atoms with Crippen molar-refractivity contribution < 1.29 is 9.50 Å². The van der Waals surface area contributed by atoms with Gasteiger partial charge in [-0.1, -0.05) is 6.07 Å². The first-order chi connectivity index (χ1) is 6.07. The van der Waals surface area contributed by atoms with Gasteiger partial charge in [0.15, 0.2) is 0 Å². The third kappa shape index (κ3) is 2.13. The molecule has 0 aliphatic rings. The minimum Gasteiger partial charge on any atom is -0.506 e. The summed E-state index contributed by atoms with van der Waals surface area (Å²) in [5.41, 5.74) is 5.52. The van der Waals surface area contributed by atoms with Crippen molar-refractivity contribution in [2.45, 2.75) is 13.0 Å². The number of hydrogen-bond acceptors (Lipinski definition) is 3. The van der Waals surface area contributed by atoms with Crippen molar-refractivity contribution in [2.24, 2.45) is 5.73 Å². The molecular formula is C9H10ClFN2O. The number of nitrogens with zero attached hydrogens (tertiary/aromatic N) is 1. The van der Waals surface area contributed by atoms with Gasteiger partial charge in [-0.15, -0.1) is 12.4 Å². The number of phenols is 1. The van der Waals surface area contributed by atoms with Crippen molar-refractivity contribution >= 4 is 12.4 Å². The minimum atomic E-state index is -0.732. The van der Waals surface area contributed by atoms with Crippen molar-refractivity contribution in [3.63, 3.8) is 0 Å². The Morgan fingerprint density at radius 1 is 1.57 bits per heavy atom. The molecule has 0 spiro atoms. The van der Waals surface area contributed by atoms with E-state index in [9.17, 15) is 9.50 Å². The van der Waals surface area contributed by atoms with Crippen molar-refractivity contribution in [2.75, 3.05) is 0 Å². The highest BCUT2D eigenvalue weighted by Crippen LogP contribution is 2.27. The number of halogens is 2. The number of phenolic OH excluding ortho intramolecular Hbond substituents is 1. The summed E-state index contributed by atoms with van der Waals surface area (Å²) in [7, 11) is 0. The molecule has 1 rings (SSSR count). The van der Waals surface area contributed by atoms with Crippen LogP contribution < -0.4 is 5.73 Å². The smallest absolute Gasteiger partial charge is 0.144 e. The highest BCUT2D eigenvalue weighted by Gasteiger charge is 2.14. The lowest BCUT2D eigenvalue weighted by atomic mass is 10.0. The van der Waals surface area contributed by atoms with Crippen LogP contribution in [0.4, 0.5) is 4.39 Å². The zero-order valence-electron chi connectivity index (χ0n) is 7.49. The van der Waals surface area contributed by atoms with Gasteiger partial charge in [-0.25, -0.2) is 4.39 Å². The van der Waals surface area contributed by atoms with Gasteiger partial charge in [-0.3, -0.25) is 0 Å². The van der Waals surface area contributed by atoms with E-state index in [4.69, 9.17) is 11.0 Å². The Hall–Kier alpha value is -1.31. The van der Waals surface area contributed by atoms with Crippen molar-refractivity contribution in [3.05, 3.63) is 29.1 Å². The van der Waals surface area contributed by atoms with E-state index < -0.39 is 11.9 Å². The highest BCUT2D eigenvalue weighted by molar-refractivity contribution is 5.85. The van der Waals surface area contributed by atoms with Gasteiger partial charge in [0.1, 0.15) is 23.2 Å². The number of benzene rings is 1. The molecule has 0 unspecified atom stereocenters. The van der Waals surface area contributed by atoms with Crippen molar-refractivity contribution in [1.29, 1.82) is 5.26 Å². The molecule has 0 saturated heterocycles. The normalized spacial score (nSPS) is 11.3. The largest absolute Gasteiger partial charge is 0.506 e. The average Bonchev–Trinajstić information content (AvgIpc) is 2.04. The van der Waals surface area contributed by atoms with Crippen LogP contribution in [0, 0.1) is 17.1 Å². The Balaban J connectivity index is 0.00000169. The Labute approximate surface area is 87.4 Å². The fraction of sp³-hybridized carbons (Fsp3) is 0.222. The van der Waals surface area contributed by atoms with Gasteiger partial charge >= 0.3 is 0 Å². The summed E-state index contributed by atoms with van der Waals surface area (Å²) in [5.74, 6) is -1.10. The molecule has 0 heterocycles. The molecule has 0 saturated carbocycles. The zero-order chi connectivity index (χ0) is 10.0. The lowest BCUT2D eigenvalue weighted by Crippen LogP contribution is -2.06. The molecule has 0 bridgehead atoms. The zero-order valence-corrected chi connectivity index (χ0v) is 8.31. The van der Waals surface area contributed by atoms with Gasteiger partial charge in [0.05, 0.1) is 0 Å². The van der Waals surface area contributed by atoms with E-state index in [0.717, 1.165) is 6.07 Å². The fourth-order valence-electron chi connectivity index (χ4n) is 1.06.